The van der Waals surface area contributed by atoms with Crippen molar-refractivity contribution in [3.8, 4) is 0 Å². The molecule has 0 saturated carbocycles. The minimum Gasteiger partial charge on any atom is -0.481 e. The van der Waals surface area contributed by atoms with E-state index in [4.69, 9.17) is 5.11 Å². The van der Waals surface area contributed by atoms with E-state index in [-0.39, 0.29) is 17.8 Å². The Hall–Kier alpha value is -1.84. The normalized spacial score (nSPS) is 19.0. The van der Waals surface area contributed by atoms with Gasteiger partial charge in [-0.05, 0) is 36.2 Å². The third-order valence-electron chi connectivity index (χ3n) is 4.55. The van der Waals surface area contributed by atoms with Crippen molar-refractivity contribution >= 4 is 12.4 Å². The second kappa shape index (κ2) is 6.74. The number of benzene rings is 1. The first kappa shape index (κ1) is 15.5. The van der Waals surface area contributed by atoms with Gasteiger partial charge in [0.2, 0.25) is 6.41 Å². The molecule has 0 aromatic heterocycles. The van der Waals surface area contributed by atoms with Crippen LogP contribution in [0.15, 0.2) is 30.3 Å². The van der Waals surface area contributed by atoms with Crippen LogP contribution in [-0.2, 0) is 15.0 Å². The molecular formula is C17H23NO3. The van der Waals surface area contributed by atoms with E-state index in [2.05, 4.69) is 12.1 Å². The zero-order valence-electron chi connectivity index (χ0n) is 12.5. The second-order valence-corrected chi connectivity index (χ2v) is 6.19. The number of piperidine rings is 1. The predicted molar refractivity (Wildman–Crippen MR) is 81.0 cm³/mol. The standard InChI is InChI=1S/C17H23NO3/c1-14(11-16(20)21)12-17(15-5-3-2-4-6-15)7-9-18(13-19)10-8-17/h2-6,13-14H,7-12H2,1H3,(H,20,21). The van der Waals surface area contributed by atoms with Gasteiger partial charge < -0.3 is 10.0 Å². The van der Waals surface area contributed by atoms with E-state index >= 15 is 0 Å². The molecule has 0 aliphatic carbocycles. The first-order valence-corrected chi connectivity index (χ1v) is 7.52. The van der Waals surface area contributed by atoms with E-state index in [9.17, 15) is 9.59 Å². The van der Waals surface area contributed by atoms with Crippen molar-refractivity contribution in [2.24, 2.45) is 5.92 Å². The molecule has 1 amide bonds. The summed E-state index contributed by atoms with van der Waals surface area (Å²) in [4.78, 5) is 23.7. The van der Waals surface area contributed by atoms with E-state index in [0.29, 0.717) is 0 Å². The van der Waals surface area contributed by atoms with Crippen LogP contribution in [0, 0.1) is 5.92 Å². The molecule has 1 N–H and O–H groups in total. The fourth-order valence-electron chi connectivity index (χ4n) is 3.50. The highest BCUT2D eigenvalue weighted by Crippen LogP contribution is 2.41. The third-order valence-corrected chi connectivity index (χ3v) is 4.55. The summed E-state index contributed by atoms with van der Waals surface area (Å²) < 4.78 is 0. The van der Waals surface area contributed by atoms with Gasteiger partial charge in [-0.3, -0.25) is 9.59 Å². The van der Waals surface area contributed by atoms with Gasteiger partial charge in [0.15, 0.2) is 0 Å². The van der Waals surface area contributed by atoms with Crippen molar-refractivity contribution in [1.82, 2.24) is 4.90 Å². The van der Waals surface area contributed by atoms with Gasteiger partial charge in [0.25, 0.3) is 0 Å². The van der Waals surface area contributed by atoms with E-state index in [1.807, 2.05) is 30.0 Å². The molecule has 114 valence electrons. The van der Waals surface area contributed by atoms with Crippen molar-refractivity contribution in [2.45, 2.75) is 38.0 Å². The molecule has 0 spiro atoms. The van der Waals surface area contributed by atoms with Gasteiger partial charge in [-0.15, -0.1) is 0 Å². The zero-order chi connectivity index (χ0) is 15.3. The van der Waals surface area contributed by atoms with Crippen LogP contribution in [0.4, 0.5) is 0 Å². The fraction of sp³-hybridized carbons (Fsp3) is 0.529. The molecule has 4 heteroatoms. The number of amides is 1. The molecule has 1 heterocycles. The summed E-state index contributed by atoms with van der Waals surface area (Å²) in [6.45, 7) is 3.50. The van der Waals surface area contributed by atoms with Crippen LogP contribution >= 0.6 is 0 Å². The maximum atomic E-state index is 10.9. The number of likely N-dealkylation sites (tertiary alicyclic amines) is 1. The summed E-state index contributed by atoms with van der Waals surface area (Å²) in [6.07, 6.45) is 3.77. The Balaban J connectivity index is 2.19. The highest BCUT2D eigenvalue weighted by Gasteiger charge is 2.37. The van der Waals surface area contributed by atoms with Crippen LogP contribution in [0.5, 0.6) is 0 Å². The molecule has 0 bridgehead atoms. The molecule has 1 aromatic rings. The van der Waals surface area contributed by atoms with Gasteiger partial charge in [-0.2, -0.15) is 0 Å². The number of nitrogens with zero attached hydrogens (tertiary/aromatic N) is 1. The van der Waals surface area contributed by atoms with Crippen molar-refractivity contribution in [3.63, 3.8) is 0 Å². The Labute approximate surface area is 125 Å². The summed E-state index contributed by atoms with van der Waals surface area (Å²) in [5, 5.41) is 8.99. The van der Waals surface area contributed by atoms with Gasteiger partial charge in [-0.25, -0.2) is 0 Å². The molecule has 1 saturated heterocycles. The largest absolute Gasteiger partial charge is 0.481 e. The number of carboxylic acid groups (broad SMARTS) is 1. The Bertz CT molecular complexity index is 478. The highest BCUT2D eigenvalue weighted by atomic mass is 16.4. The van der Waals surface area contributed by atoms with Crippen molar-refractivity contribution in [3.05, 3.63) is 35.9 Å². The number of hydrogen-bond donors (Lipinski definition) is 1. The molecule has 1 unspecified atom stereocenters. The molecule has 0 radical (unpaired) electrons. The summed E-state index contributed by atoms with van der Waals surface area (Å²) in [6, 6.07) is 10.3. The predicted octanol–water partition coefficient (Wildman–Crippen LogP) is 2.68. The van der Waals surface area contributed by atoms with E-state index in [1.165, 1.54) is 5.56 Å². The van der Waals surface area contributed by atoms with Crippen molar-refractivity contribution in [2.75, 3.05) is 13.1 Å². The second-order valence-electron chi connectivity index (χ2n) is 6.19. The van der Waals surface area contributed by atoms with Gasteiger partial charge in [-0.1, -0.05) is 37.3 Å². The molecule has 1 atom stereocenters. The number of carbonyl (C=O) groups excluding carboxylic acids is 1. The summed E-state index contributed by atoms with van der Waals surface area (Å²) >= 11 is 0. The van der Waals surface area contributed by atoms with Crippen LogP contribution < -0.4 is 0 Å². The third kappa shape index (κ3) is 3.84. The quantitative estimate of drug-likeness (QED) is 0.819. The zero-order valence-corrected chi connectivity index (χ0v) is 12.5. The maximum Gasteiger partial charge on any atom is 0.303 e. The number of rotatable bonds is 6. The lowest BCUT2D eigenvalue weighted by Crippen LogP contribution is -2.43. The lowest BCUT2D eigenvalue weighted by Gasteiger charge is -2.42. The number of aliphatic carboxylic acids is 1. The highest BCUT2D eigenvalue weighted by molar-refractivity contribution is 5.67. The van der Waals surface area contributed by atoms with Crippen LogP contribution in [0.25, 0.3) is 0 Å². The van der Waals surface area contributed by atoms with Crippen LogP contribution in [-0.4, -0.2) is 35.5 Å². The Morgan fingerprint density at radius 1 is 1.33 bits per heavy atom. The molecule has 1 aliphatic heterocycles. The summed E-state index contributed by atoms with van der Waals surface area (Å²) in [7, 11) is 0. The van der Waals surface area contributed by atoms with Gasteiger partial charge in [0.05, 0.1) is 0 Å². The fourth-order valence-corrected chi connectivity index (χ4v) is 3.50. The van der Waals surface area contributed by atoms with Crippen LogP contribution in [0.2, 0.25) is 0 Å². The smallest absolute Gasteiger partial charge is 0.303 e. The minimum atomic E-state index is -0.740. The first-order chi connectivity index (χ1) is 10.1. The molecule has 1 aliphatic rings. The number of carboxylic acids is 1. The van der Waals surface area contributed by atoms with Crippen molar-refractivity contribution < 1.29 is 14.7 Å². The van der Waals surface area contributed by atoms with E-state index in [1.54, 1.807) is 0 Å². The van der Waals surface area contributed by atoms with Crippen LogP contribution in [0.3, 0.4) is 0 Å². The maximum absolute atomic E-state index is 10.9. The van der Waals surface area contributed by atoms with Gasteiger partial charge in [0, 0.05) is 19.5 Å². The van der Waals surface area contributed by atoms with E-state index in [0.717, 1.165) is 38.8 Å². The Morgan fingerprint density at radius 3 is 2.48 bits per heavy atom. The lowest BCUT2D eigenvalue weighted by atomic mass is 9.67. The minimum absolute atomic E-state index is 0.00433. The monoisotopic (exact) mass is 289 g/mol. The average molecular weight is 289 g/mol. The Kier molecular flexibility index (Phi) is 4.99. The average Bonchev–Trinajstić information content (AvgIpc) is 2.48. The first-order valence-electron chi connectivity index (χ1n) is 7.52. The van der Waals surface area contributed by atoms with E-state index < -0.39 is 5.97 Å². The molecular weight excluding hydrogens is 266 g/mol. The number of hydrogen-bond acceptors (Lipinski definition) is 2. The van der Waals surface area contributed by atoms with Crippen LogP contribution in [0.1, 0.15) is 38.2 Å². The number of carbonyl (C=O) groups is 2. The molecule has 1 aromatic carbocycles. The molecule has 2 rings (SSSR count). The van der Waals surface area contributed by atoms with Gasteiger partial charge >= 0.3 is 5.97 Å². The van der Waals surface area contributed by atoms with Crippen molar-refractivity contribution in [1.29, 1.82) is 0 Å². The molecule has 1 fully saturated rings. The van der Waals surface area contributed by atoms with Gasteiger partial charge in [0.1, 0.15) is 0 Å². The molecule has 21 heavy (non-hydrogen) atoms. The lowest BCUT2D eigenvalue weighted by molar-refractivity contribution is -0.138. The molecule has 4 nitrogen and oxygen atoms in total. The Morgan fingerprint density at radius 2 is 1.95 bits per heavy atom. The summed E-state index contributed by atoms with van der Waals surface area (Å²) in [5.74, 6) is -0.610. The SMILES string of the molecule is CC(CC(=O)O)CC1(c2ccccc2)CCN(C=O)CC1. The topological polar surface area (TPSA) is 57.6 Å². The summed E-state index contributed by atoms with van der Waals surface area (Å²) in [5.41, 5.74) is 1.27.